The third kappa shape index (κ3) is 2.20. The van der Waals surface area contributed by atoms with E-state index in [0.29, 0.717) is 5.56 Å². The number of aliphatic hydroxyl groups excluding tert-OH is 1. The van der Waals surface area contributed by atoms with Crippen LogP contribution < -0.4 is 5.73 Å². The molecule has 0 unspecified atom stereocenters. The Labute approximate surface area is 77.8 Å². The van der Waals surface area contributed by atoms with Crippen LogP contribution in [0.15, 0.2) is 18.2 Å². The van der Waals surface area contributed by atoms with Crippen molar-refractivity contribution >= 4 is 0 Å². The summed E-state index contributed by atoms with van der Waals surface area (Å²) in [5.41, 5.74) is 7.31. The van der Waals surface area contributed by atoms with Crippen LogP contribution in [0, 0.1) is 6.92 Å². The van der Waals surface area contributed by atoms with Crippen LogP contribution in [-0.4, -0.2) is 16.3 Å². The summed E-state index contributed by atoms with van der Waals surface area (Å²) >= 11 is 0. The molecule has 0 heterocycles. The molecule has 1 aromatic rings. The Bertz CT molecular complexity index is 297. The first-order valence-electron chi connectivity index (χ1n) is 4.25. The van der Waals surface area contributed by atoms with Crippen molar-refractivity contribution in [3.63, 3.8) is 0 Å². The summed E-state index contributed by atoms with van der Waals surface area (Å²) in [6.07, 6.45) is -0.660. The third-order valence-electron chi connectivity index (χ3n) is 2.06. The second kappa shape index (κ2) is 3.77. The van der Waals surface area contributed by atoms with Crippen LogP contribution in [0.2, 0.25) is 0 Å². The summed E-state index contributed by atoms with van der Waals surface area (Å²) in [5, 5.41) is 18.7. The SMILES string of the molecule is Cc1ccc(O)c([C@@H](N)[C@H](C)O)c1. The summed E-state index contributed by atoms with van der Waals surface area (Å²) in [6, 6.07) is 4.65. The first-order valence-corrected chi connectivity index (χ1v) is 4.25. The number of phenolic OH excluding ortho intramolecular Hbond substituents is 1. The van der Waals surface area contributed by atoms with Gasteiger partial charge in [0, 0.05) is 5.56 Å². The average Bonchev–Trinajstić information content (AvgIpc) is 2.08. The van der Waals surface area contributed by atoms with E-state index in [9.17, 15) is 10.2 Å². The second-order valence-electron chi connectivity index (χ2n) is 3.33. The molecule has 4 N–H and O–H groups in total. The summed E-state index contributed by atoms with van der Waals surface area (Å²) in [7, 11) is 0. The van der Waals surface area contributed by atoms with Gasteiger partial charge < -0.3 is 15.9 Å². The van der Waals surface area contributed by atoms with Crippen molar-refractivity contribution in [1.29, 1.82) is 0 Å². The molecule has 0 aliphatic heterocycles. The highest BCUT2D eigenvalue weighted by atomic mass is 16.3. The quantitative estimate of drug-likeness (QED) is 0.639. The minimum Gasteiger partial charge on any atom is -0.508 e. The minimum absolute atomic E-state index is 0.138. The summed E-state index contributed by atoms with van der Waals surface area (Å²) in [6.45, 7) is 3.52. The maximum absolute atomic E-state index is 9.46. The van der Waals surface area contributed by atoms with Gasteiger partial charge >= 0.3 is 0 Å². The van der Waals surface area contributed by atoms with Gasteiger partial charge in [0.1, 0.15) is 5.75 Å². The molecular formula is C10H15NO2. The number of aryl methyl sites for hydroxylation is 1. The fourth-order valence-corrected chi connectivity index (χ4v) is 1.20. The molecule has 1 rings (SSSR count). The van der Waals surface area contributed by atoms with Crippen LogP contribution in [0.5, 0.6) is 5.75 Å². The lowest BCUT2D eigenvalue weighted by Gasteiger charge is -2.16. The van der Waals surface area contributed by atoms with Gasteiger partial charge in [-0.05, 0) is 19.9 Å². The second-order valence-corrected chi connectivity index (χ2v) is 3.33. The molecule has 72 valence electrons. The van der Waals surface area contributed by atoms with Gasteiger partial charge in [-0.3, -0.25) is 0 Å². The molecule has 3 heteroatoms. The smallest absolute Gasteiger partial charge is 0.120 e. The predicted octanol–water partition coefficient (Wildman–Crippen LogP) is 1.08. The van der Waals surface area contributed by atoms with E-state index in [-0.39, 0.29) is 5.75 Å². The van der Waals surface area contributed by atoms with Gasteiger partial charge in [0.2, 0.25) is 0 Å². The van der Waals surface area contributed by atoms with Crippen LogP contribution in [0.4, 0.5) is 0 Å². The highest BCUT2D eigenvalue weighted by Crippen LogP contribution is 2.25. The largest absolute Gasteiger partial charge is 0.508 e. The molecule has 0 saturated carbocycles. The topological polar surface area (TPSA) is 66.5 Å². The van der Waals surface area contributed by atoms with E-state index in [1.54, 1.807) is 25.1 Å². The zero-order valence-corrected chi connectivity index (χ0v) is 7.86. The number of benzene rings is 1. The molecule has 13 heavy (non-hydrogen) atoms. The van der Waals surface area contributed by atoms with Crippen LogP contribution in [0.25, 0.3) is 0 Å². The van der Waals surface area contributed by atoms with Gasteiger partial charge in [-0.1, -0.05) is 17.7 Å². The highest BCUT2D eigenvalue weighted by molar-refractivity contribution is 5.38. The van der Waals surface area contributed by atoms with Crippen molar-refractivity contribution in [3.8, 4) is 5.75 Å². The number of rotatable bonds is 2. The van der Waals surface area contributed by atoms with Crippen LogP contribution in [-0.2, 0) is 0 Å². The van der Waals surface area contributed by atoms with E-state index in [0.717, 1.165) is 5.56 Å². The zero-order valence-electron chi connectivity index (χ0n) is 7.86. The van der Waals surface area contributed by atoms with Gasteiger partial charge in [0.25, 0.3) is 0 Å². The maximum atomic E-state index is 9.46. The normalized spacial score (nSPS) is 15.4. The summed E-state index contributed by atoms with van der Waals surface area (Å²) < 4.78 is 0. The van der Waals surface area contributed by atoms with E-state index in [1.807, 2.05) is 6.92 Å². The van der Waals surface area contributed by atoms with Crippen LogP contribution in [0.1, 0.15) is 24.1 Å². The van der Waals surface area contributed by atoms with Gasteiger partial charge in [-0.15, -0.1) is 0 Å². The Morgan fingerprint density at radius 3 is 2.54 bits per heavy atom. The predicted molar refractivity (Wildman–Crippen MR) is 51.5 cm³/mol. The molecule has 0 fully saturated rings. The first kappa shape index (κ1) is 10.0. The molecule has 0 aliphatic rings. The van der Waals surface area contributed by atoms with Crippen molar-refractivity contribution in [2.45, 2.75) is 26.0 Å². The summed E-state index contributed by atoms with van der Waals surface area (Å²) in [4.78, 5) is 0. The fraction of sp³-hybridized carbons (Fsp3) is 0.400. The lowest BCUT2D eigenvalue weighted by atomic mass is 10.0. The molecule has 0 aliphatic carbocycles. The molecule has 0 radical (unpaired) electrons. The molecule has 3 nitrogen and oxygen atoms in total. The lowest BCUT2D eigenvalue weighted by molar-refractivity contribution is 0.163. The first-order chi connectivity index (χ1) is 6.02. The van der Waals surface area contributed by atoms with E-state index in [1.165, 1.54) is 0 Å². The van der Waals surface area contributed by atoms with Crippen molar-refractivity contribution < 1.29 is 10.2 Å². The summed E-state index contributed by atoms with van der Waals surface area (Å²) in [5.74, 6) is 0.138. The van der Waals surface area contributed by atoms with E-state index < -0.39 is 12.1 Å². The number of phenols is 1. The zero-order chi connectivity index (χ0) is 10.0. The Balaban J connectivity index is 3.05. The number of aromatic hydroxyl groups is 1. The van der Waals surface area contributed by atoms with Gasteiger partial charge in [-0.2, -0.15) is 0 Å². The van der Waals surface area contributed by atoms with Crippen molar-refractivity contribution in [2.24, 2.45) is 5.73 Å². The maximum Gasteiger partial charge on any atom is 0.120 e. The number of hydrogen-bond acceptors (Lipinski definition) is 3. The fourth-order valence-electron chi connectivity index (χ4n) is 1.20. The lowest BCUT2D eigenvalue weighted by Crippen LogP contribution is -2.23. The number of aliphatic hydroxyl groups is 1. The Hall–Kier alpha value is -1.06. The Morgan fingerprint density at radius 1 is 1.38 bits per heavy atom. The Kier molecular flexibility index (Phi) is 2.90. The highest BCUT2D eigenvalue weighted by Gasteiger charge is 2.15. The van der Waals surface area contributed by atoms with Crippen molar-refractivity contribution in [1.82, 2.24) is 0 Å². The molecule has 0 aromatic heterocycles. The molecule has 1 aromatic carbocycles. The van der Waals surface area contributed by atoms with E-state index in [4.69, 9.17) is 5.73 Å². The van der Waals surface area contributed by atoms with Gasteiger partial charge in [0.05, 0.1) is 12.1 Å². The monoisotopic (exact) mass is 181 g/mol. The number of hydrogen-bond donors (Lipinski definition) is 3. The van der Waals surface area contributed by atoms with Crippen molar-refractivity contribution in [2.75, 3.05) is 0 Å². The van der Waals surface area contributed by atoms with Crippen LogP contribution in [0.3, 0.4) is 0 Å². The van der Waals surface area contributed by atoms with E-state index in [2.05, 4.69) is 0 Å². The molecule has 0 saturated heterocycles. The number of nitrogens with two attached hydrogens (primary N) is 1. The minimum atomic E-state index is -0.660. The van der Waals surface area contributed by atoms with Crippen LogP contribution >= 0.6 is 0 Å². The van der Waals surface area contributed by atoms with E-state index >= 15 is 0 Å². The third-order valence-corrected chi connectivity index (χ3v) is 2.06. The molecule has 0 amide bonds. The van der Waals surface area contributed by atoms with Gasteiger partial charge in [-0.25, -0.2) is 0 Å². The van der Waals surface area contributed by atoms with Gasteiger partial charge in [0.15, 0.2) is 0 Å². The van der Waals surface area contributed by atoms with Crippen molar-refractivity contribution in [3.05, 3.63) is 29.3 Å². The molecule has 0 spiro atoms. The molecular weight excluding hydrogens is 166 g/mol. The Morgan fingerprint density at radius 2 is 2.00 bits per heavy atom. The molecule has 0 bridgehead atoms. The molecule has 2 atom stereocenters. The average molecular weight is 181 g/mol. The standard InChI is InChI=1S/C10H15NO2/c1-6-3-4-9(13)8(5-6)10(11)7(2)12/h3-5,7,10,12-13H,11H2,1-2H3/t7-,10-/m0/s1.